The monoisotopic (exact) mass is 260 g/mol. The Morgan fingerprint density at radius 1 is 1.26 bits per heavy atom. The maximum atomic E-state index is 13.5. The number of hydrogen-bond donors (Lipinski definition) is 1. The van der Waals surface area contributed by atoms with Gasteiger partial charge in [0.05, 0.1) is 4.92 Å². The number of anilines is 1. The molecule has 0 aliphatic rings. The largest absolute Gasteiger partial charge is 0.375 e. The number of nitrogens with one attached hydrogen (secondary N) is 1. The molecule has 2 aromatic carbocycles. The summed E-state index contributed by atoms with van der Waals surface area (Å²) in [7, 11) is 0. The van der Waals surface area contributed by atoms with Gasteiger partial charge in [0.15, 0.2) is 0 Å². The van der Waals surface area contributed by atoms with Crippen LogP contribution in [0.15, 0.2) is 42.5 Å². The fourth-order valence-electron chi connectivity index (χ4n) is 1.78. The van der Waals surface area contributed by atoms with E-state index in [0.717, 1.165) is 5.56 Å². The maximum Gasteiger partial charge on any atom is 0.292 e. The molecule has 0 saturated heterocycles. The highest BCUT2D eigenvalue weighted by Gasteiger charge is 2.13. The van der Waals surface area contributed by atoms with Crippen LogP contribution in [-0.4, -0.2) is 4.92 Å². The topological polar surface area (TPSA) is 55.2 Å². The molecular formula is C14H13FN2O2. The van der Waals surface area contributed by atoms with E-state index in [1.54, 1.807) is 30.3 Å². The van der Waals surface area contributed by atoms with Crippen LogP contribution in [0.25, 0.3) is 0 Å². The van der Waals surface area contributed by atoms with Crippen LogP contribution in [0.2, 0.25) is 0 Å². The molecule has 0 unspecified atom stereocenters. The van der Waals surface area contributed by atoms with Crippen LogP contribution >= 0.6 is 0 Å². The van der Waals surface area contributed by atoms with Crippen LogP contribution in [0.5, 0.6) is 0 Å². The fourth-order valence-corrected chi connectivity index (χ4v) is 1.78. The van der Waals surface area contributed by atoms with E-state index in [2.05, 4.69) is 5.32 Å². The van der Waals surface area contributed by atoms with Crippen LogP contribution in [-0.2, 0) is 6.54 Å². The highest BCUT2D eigenvalue weighted by atomic mass is 19.1. The lowest BCUT2D eigenvalue weighted by molar-refractivity contribution is -0.384. The van der Waals surface area contributed by atoms with Gasteiger partial charge in [0.2, 0.25) is 0 Å². The number of hydrogen-bond acceptors (Lipinski definition) is 3. The van der Waals surface area contributed by atoms with Crippen LogP contribution in [0.3, 0.4) is 0 Å². The smallest absolute Gasteiger partial charge is 0.292 e. The Kier molecular flexibility index (Phi) is 3.75. The molecular weight excluding hydrogens is 247 g/mol. The average Bonchev–Trinajstić information content (AvgIpc) is 2.37. The SMILES string of the molecule is Cc1ccc([N+](=O)[O-])c(NCc2ccccc2F)c1. The summed E-state index contributed by atoms with van der Waals surface area (Å²) in [6.07, 6.45) is 0. The van der Waals surface area contributed by atoms with Gasteiger partial charge in [0.1, 0.15) is 11.5 Å². The Hall–Kier alpha value is -2.43. The average molecular weight is 260 g/mol. The van der Waals surface area contributed by atoms with E-state index in [1.807, 2.05) is 6.92 Å². The van der Waals surface area contributed by atoms with Crippen LogP contribution in [0.4, 0.5) is 15.8 Å². The lowest BCUT2D eigenvalue weighted by Crippen LogP contribution is -2.04. The molecule has 98 valence electrons. The van der Waals surface area contributed by atoms with Crippen LogP contribution in [0.1, 0.15) is 11.1 Å². The number of nitro benzene ring substituents is 1. The zero-order chi connectivity index (χ0) is 13.8. The maximum absolute atomic E-state index is 13.5. The molecule has 1 N–H and O–H groups in total. The van der Waals surface area contributed by atoms with E-state index in [0.29, 0.717) is 11.3 Å². The van der Waals surface area contributed by atoms with Gasteiger partial charge in [0, 0.05) is 18.2 Å². The van der Waals surface area contributed by atoms with E-state index < -0.39 is 4.92 Å². The minimum Gasteiger partial charge on any atom is -0.375 e. The molecule has 0 bridgehead atoms. The molecule has 0 atom stereocenters. The van der Waals surface area contributed by atoms with Crippen molar-refractivity contribution in [2.75, 3.05) is 5.32 Å². The highest BCUT2D eigenvalue weighted by Crippen LogP contribution is 2.25. The first kappa shape index (κ1) is 13.0. The van der Waals surface area contributed by atoms with Gasteiger partial charge >= 0.3 is 0 Å². The van der Waals surface area contributed by atoms with Crippen molar-refractivity contribution in [1.29, 1.82) is 0 Å². The molecule has 2 aromatic rings. The van der Waals surface area contributed by atoms with Gasteiger partial charge in [-0.1, -0.05) is 24.3 Å². The van der Waals surface area contributed by atoms with Crippen molar-refractivity contribution in [2.24, 2.45) is 0 Å². The molecule has 0 radical (unpaired) electrons. The van der Waals surface area contributed by atoms with Crippen LogP contribution in [0, 0.1) is 22.9 Å². The van der Waals surface area contributed by atoms with Gasteiger partial charge < -0.3 is 5.32 Å². The second-order valence-corrected chi connectivity index (χ2v) is 4.22. The molecule has 0 spiro atoms. The summed E-state index contributed by atoms with van der Waals surface area (Å²) in [6, 6.07) is 11.1. The molecule has 2 rings (SSSR count). The van der Waals surface area contributed by atoms with Gasteiger partial charge in [-0.15, -0.1) is 0 Å². The van der Waals surface area contributed by atoms with Gasteiger partial charge in [-0.3, -0.25) is 10.1 Å². The molecule has 19 heavy (non-hydrogen) atoms. The third kappa shape index (κ3) is 3.07. The Morgan fingerprint density at radius 3 is 2.68 bits per heavy atom. The normalized spacial score (nSPS) is 10.2. The molecule has 0 heterocycles. The van der Waals surface area contributed by atoms with Crippen molar-refractivity contribution < 1.29 is 9.31 Å². The second kappa shape index (κ2) is 5.48. The minimum absolute atomic E-state index is 0.0121. The molecule has 0 aliphatic carbocycles. The van der Waals surface area contributed by atoms with E-state index in [9.17, 15) is 14.5 Å². The summed E-state index contributed by atoms with van der Waals surface area (Å²) in [5.74, 6) is -0.328. The summed E-state index contributed by atoms with van der Waals surface area (Å²) in [4.78, 5) is 10.4. The first-order valence-electron chi connectivity index (χ1n) is 5.80. The Labute approximate surface area is 110 Å². The number of halogens is 1. The van der Waals surface area contributed by atoms with Gasteiger partial charge in [-0.25, -0.2) is 4.39 Å². The zero-order valence-electron chi connectivity index (χ0n) is 10.4. The first-order chi connectivity index (χ1) is 9.08. The van der Waals surface area contributed by atoms with Crippen molar-refractivity contribution in [2.45, 2.75) is 13.5 Å². The molecule has 0 amide bonds. The number of aryl methyl sites for hydroxylation is 1. The fraction of sp³-hybridized carbons (Fsp3) is 0.143. The molecule has 4 nitrogen and oxygen atoms in total. The molecule has 0 fully saturated rings. The standard InChI is InChI=1S/C14H13FN2O2/c1-10-6-7-14(17(18)19)13(8-10)16-9-11-4-2-3-5-12(11)15/h2-8,16H,9H2,1H3. The molecule has 0 aliphatic heterocycles. The third-order valence-electron chi connectivity index (χ3n) is 2.78. The van der Waals surface area contributed by atoms with Crippen molar-refractivity contribution in [3.05, 3.63) is 69.5 Å². The lowest BCUT2D eigenvalue weighted by atomic mass is 10.1. The highest BCUT2D eigenvalue weighted by molar-refractivity contribution is 5.62. The van der Waals surface area contributed by atoms with E-state index in [4.69, 9.17) is 0 Å². The summed E-state index contributed by atoms with van der Waals surface area (Å²) in [6.45, 7) is 2.05. The van der Waals surface area contributed by atoms with E-state index in [1.165, 1.54) is 12.1 Å². The van der Waals surface area contributed by atoms with Crippen molar-refractivity contribution in [1.82, 2.24) is 0 Å². The van der Waals surface area contributed by atoms with E-state index >= 15 is 0 Å². The lowest BCUT2D eigenvalue weighted by Gasteiger charge is -2.08. The molecule has 0 aromatic heterocycles. The third-order valence-corrected chi connectivity index (χ3v) is 2.78. The van der Waals surface area contributed by atoms with Gasteiger partial charge in [0.25, 0.3) is 5.69 Å². The minimum atomic E-state index is -0.455. The summed E-state index contributed by atoms with van der Waals surface area (Å²) >= 11 is 0. The van der Waals surface area contributed by atoms with Gasteiger partial charge in [-0.2, -0.15) is 0 Å². The molecule has 0 saturated carbocycles. The first-order valence-corrected chi connectivity index (χ1v) is 5.80. The number of nitrogens with zero attached hydrogens (tertiary/aromatic N) is 1. The van der Waals surface area contributed by atoms with Gasteiger partial charge in [-0.05, 0) is 24.6 Å². The summed E-state index contributed by atoms with van der Waals surface area (Å²) < 4.78 is 13.5. The quantitative estimate of drug-likeness (QED) is 0.674. The number of benzene rings is 2. The Bertz CT molecular complexity index is 614. The van der Waals surface area contributed by atoms with Crippen LogP contribution < -0.4 is 5.32 Å². The van der Waals surface area contributed by atoms with Crippen molar-refractivity contribution in [3.8, 4) is 0 Å². The summed E-state index contributed by atoms with van der Waals surface area (Å²) in [5.41, 5.74) is 1.76. The molecule has 5 heteroatoms. The predicted octanol–water partition coefficient (Wildman–Crippen LogP) is 3.65. The number of rotatable bonds is 4. The van der Waals surface area contributed by atoms with E-state index in [-0.39, 0.29) is 18.0 Å². The van der Waals surface area contributed by atoms with Crippen molar-refractivity contribution >= 4 is 11.4 Å². The number of nitro groups is 1. The van der Waals surface area contributed by atoms with Crippen molar-refractivity contribution in [3.63, 3.8) is 0 Å². The Balaban J connectivity index is 2.22. The second-order valence-electron chi connectivity index (χ2n) is 4.22. The predicted molar refractivity (Wildman–Crippen MR) is 71.6 cm³/mol. The Morgan fingerprint density at radius 2 is 2.00 bits per heavy atom. The summed E-state index contributed by atoms with van der Waals surface area (Å²) in [5, 5.41) is 13.8. The zero-order valence-corrected chi connectivity index (χ0v) is 10.4.